The van der Waals surface area contributed by atoms with Crippen LogP contribution < -0.4 is 16.2 Å². The first-order chi connectivity index (χ1) is 13.9. The fraction of sp³-hybridized carbons (Fsp3) is 0.150. The highest BCUT2D eigenvalue weighted by Crippen LogP contribution is 2.31. The number of anilines is 1. The predicted molar refractivity (Wildman–Crippen MR) is 108 cm³/mol. The highest BCUT2D eigenvalue weighted by atomic mass is 32.1. The van der Waals surface area contributed by atoms with Crippen LogP contribution in [0.15, 0.2) is 47.8 Å². The first-order valence-electron chi connectivity index (χ1n) is 8.61. The summed E-state index contributed by atoms with van der Waals surface area (Å²) in [6.45, 7) is 1.44. The summed E-state index contributed by atoms with van der Waals surface area (Å²) in [5.74, 6) is -1.77. The molecule has 0 bridgehead atoms. The van der Waals surface area contributed by atoms with E-state index in [0.717, 1.165) is 22.2 Å². The van der Waals surface area contributed by atoms with E-state index < -0.39 is 29.8 Å². The van der Waals surface area contributed by atoms with Gasteiger partial charge < -0.3 is 10.4 Å². The molecule has 3 rings (SSSR count). The number of hydrogen-bond donors (Lipinski definition) is 4. The van der Waals surface area contributed by atoms with Gasteiger partial charge in [-0.1, -0.05) is 0 Å². The van der Waals surface area contributed by atoms with Crippen molar-refractivity contribution in [3.05, 3.63) is 64.8 Å². The normalized spacial score (nSPS) is 12.6. The Hall–Kier alpha value is -3.48. The lowest BCUT2D eigenvalue weighted by molar-refractivity contribution is -0.124. The maximum atomic E-state index is 12.9. The van der Waals surface area contributed by atoms with E-state index in [-0.39, 0.29) is 5.56 Å². The summed E-state index contributed by atoms with van der Waals surface area (Å²) in [4.78, 5) is 24.6. The summed E-state index contributed by atoms with van der Waals surface area (Å²) in [5.41, 5.74) is 5.75. The van der Waals surface area contributed by atoms with Gasteiger partial charge in [-0.15, -0.1) is 11.3 Å². The number of nitrogens with zero attached hydrogens (tertiary/aromatic N) is 1. The average Bonchev–Trinajstić information content (AvgIpc) is 3.20. The highest BCUT2D eigenvalue weighted by molar-refractivity contribution is 7.17. The molecule has 1 aromatic heterocycles. The first-order valence-corrected chi connectivity index (χ1v) is 9.49. The summed E-state index contributed by atoms with van der Waals surface area (Å²) in [5, 5.41) is 24.8. The van der Waals surface area contributed by atoms with Crippen LogP contribution >= 0.6 is 11.3 Å². The van der Waals surface area contributed by atoms with Crippen molar-refractivity contribution in [2.24, 2.45) is 0 Å². The maximum absolute atomic E-state index is 12.9. The third kappa shape index (κ3) is 4.51. The average molecular weight is 412 g/mol. The van der Waals surface area contributed by atoms with Gasteiger partial charge in [0, 0.05) is 16.6 Å². The van der Waals surface area contributed by atoms with Crippen LogP contribution in [0.1, 0.15) is 22.8 Å². The number of hydrazine groups is 1. The lowest BCUT2D eigenvalue weighted by Gasteiger charge is -2.22. The monoisotopic (exact) mass is 412 g/mol. The summed E-state index contributed by atoms with van der Waals surface area (Å²) in [7, 11) is 0. The van der Waals surface area contributed by atoms with Crippen LogP contribution in [0.4, 0.5) is 10.1 Å². The van der Waals surface area contributed by atoms with Gasteiger partial charge in [0.2, 0.25) is 0 Å². The topological polar surface area (TPSA) is 114 Å². The molecule has 0 spiro atoms. The van der Waals surface area contributed by atoms with Crippen molar-refractivity contribution in [3.63, 3.8) is 0 Å². The summed E-state index contributed by atoms with van der Waals surface area (Å²) < 4.78 is 13.7. The molecule has 1 unspecified atom stereocenters. The SMILES string of the molecule is CC(O)[C@@H](Nc1ccc(C#N)c2sccc12)C(=O)NNC(=O)c1ccc(F)cc1. The fourth-order valence-corrected chi connectivity index (χ4v) is 3.60. The molecule has 0 aliphatic carbocycles. The second-order valence-electron chi connectivity index (χ2n) is 6.25. The van der Waals surface area contributed by atoms with E-state index in [1.54, 1.807) is 12.1 Å². The fourth-order valence-electron chi connectivity index (χ4n) is 2.72. The number of nitrogens with one attached hydrogen (secondary N) is 3. The smallest absolute Gasteiger partial charge is 0.269 e. The molecule has 0 radical (unpaired) electrons. The zero-order valence-electron chi connectivity index (χ0n) is 15.3. The lowest BCUT2D eigenvalue weighted by atomic mass is 10.1. The first kappa shape index (κ1) is 20.3. The Kier molecular flexibility index (Phi) is 6.07. The minimum absolute atomic E-state index is 0.167. The van der Waals surface area contributed by atoms with Crippen molar-refractivity contribution in [2.45, 2.75) is 19.1 Å². The number of hydrogen-bond acceptors (Lipinski definition) is 6. The van der Waals surface area contributed by atoms with Crippen molar-refractivity contribution in [1.82, 2.24) is 10.9 Å². The van der Waals surface area contributed by atoms with Crippen molar-refractivity contribution in [3.8, 4) is 6.07 Å². The molecule has 0 aliphatic heterocycles. The summed E-state index contributed by atoms with van der Waals surface area (Å²) in [6.07, 6.45) is -1.08. The van der Waals surface area contributed by atoms with Gasteiger partial charge in [-0.3, -0.25) is 20.4 Å². The molecule has 29 heavy (non-hydrogen) atoms. The van der Waals surface area contributed by atoms with E-state index in [2.05, 4.69) is 22.2 Å². The third-order valence-electron chi connectivity index (χ3n) is 4.22. The Morgan fingerprint density at radius 1 is 1.14 bits per heavy atom. The highest BCUT2D eigenvalue weighted by Gasteiger charge is 2.25. The molecule has 7 nitrogen and oxygen atoms in total. The molecular formula is C20H17FN4O3S. The van der Waals surface area contributed by atoms with Gasteiger partial charge in [-0.25, -0.2) is 4.39 Å². The Balaban J connectivity index is 1.72. The van der Waals surface area contributed by atoms with E-state index in [9.17, 15) is 24.3 Å². The molecule has 148 valence electrons. The number of thiophene rings is 1. The number of aliphatic hydroxyl groups is 1. The van der Waals surface area contributed by atoms with Gasteiger partial charge in [0.15, 0.2) is 0 Å². The molecule has 0 saturated carbocycles. The third-order valence-corrected chi connectivity index (χ3v) is 5.17. The van der Waals surface area contributed by atoms with Crippen LogP contribution in [0.25, 0.3) is 10.1 Å². The number of nitriles is 1. The van der Waals surface area contributed by atoms with Gasteiger partial charge >= 0.3 is 0 Å². The van der Waals surface area contributed by atoms with E-state index in [1.165, 1.54) is 30.4 Å². The Morgan fingerprint density at radius 3 is 2.52 bits per heavy atom. The van der Waals surface area contributed by atoms with Gasteiger partial charge in [0.05, 0.1) is 16.4 Å². The van der Waals surface area contributed by atoms with Crippen LogP contribution in [0.2, 0.25) is 0 Å². The molecule has 2 atom stereocenters. The minimum atomic E-state index is -1.08. The second-order valence-corrected chi connectivity index (χ2v) is 7.16. The Morgan fingerprint density at radius 2 is 1.86 bits per heavy atom. The van der Waals surface area contributed by atoms with Crippen molar-refractivity contribution in [1.29, 1.82) is 5.26 Å². The largest absolute Gasteiger partial charge is 0.391 e. The number of amides is 2. The Bertz CT molecular complexity index is 1090. The maximum Gasteiger partial charge on any atom is 0.269 e. The second kappa shape index (κ2) is 8.68. The van der Waals surface area contributed by atoms with Crippen LogP contribution in [-0.4, -0.2) is 29.1 Å². The zero-order valence-corrected chi connectivity index (χ0v) is 16.1. The molecule has 0 fully saturated rings. The molecule has 0 aliphatic rings. The molecule has 9 heteroatoms. The van der Waals surface area contributed by atoms with Crippen LogP contribution in [0.5, 0.6) is 0 Å². The number of rotatable bonds is 5. The number of carbonyl (C=O) groups is 2. The number of fused-ring (bicyclic) bond motifs is 1. The number of halogens is 1. The standard InChI is InChI=1S/C20H17FN4O3S/c1-11(26)17(20(28)25-24-19(27)12-2-5-14(21)6-3-12)23-16-7-4-13(10-22)18-15(16)8-9-29-18/h2-9,11,17,23,26H,1H3,(H,24,27)(H,25,28)/t11?,17-/m1/s1. The van der Waals surface area contributed by atoms with Gasteiger partial charge in [-0.2, -0.15) is 5.26 Å². The quantitative estimate of drug-likeness (QED) is 0.481. The zero-order chi connectivity index (χ0) is 21.0. The molecule has 2 amide bonds. The van der Waals surface area contributed by atoms with Crippen LogP contribution in [0, 0.1) is 17.1 Å². The van der Waals surface area contributed by atoms with Crippen LogP contribution in [-0.2, 0) is 4.79 Å². The van der Waals surface area contributed by atoms with Crippen molar-refractivity contribution >= 4 is 38.9 Å². The molecular weight excluding hydrogens is 395 g/mol. The Labute approximate surface area is 169 Å². The van der Waals surface area contributed by atoms with Crippen molar-refractivity contribution in [2.75, 3.05) is 5.32 Å². The molecule has 0 saturated heterocycles. The molecule has 4 N–H and O–H groups in total. The van der Waals surface area contributed by atoms with Crippen molar-refractivity contribution < 1.29 is 19.1 Å². The molecule has 3 aromatic rings. The van der Waals surface area contributed by atoms with E-state index in [0.29, 0.717) is 11.3 Å². The minimum Gasteiger partial charge on any atom is -0.391 e. The van der Waals surface area contributed by atoms with E-state index >= 15 is 0 Å². The number of carbonyl (C=O) groups excluding carboxylic acids is 2. The molecule has 1 heterocycles. The van der Waals surface area contributed by atoms with E-state index in [4.69, 9.17) is 0 Å². The van der Waals surface area contributed by atoms with E-state index in [1.807, 2.05) is 11.4 Å². The lowest BCUT2D eigenvalue weighted by Crippen LogP contribution is -2.52. The summed E-state index contributed by atoms with van der Waals surface area (Å²) in [6, 6.07) is 11.0. The predicted octanol–water partition coefficient (Wildman–Crippen LogP) is 2.53. The molecule has 2 aromatic carbocycles. The van der Waals surface area contributed by atoms with Gasteiger partial charge in [-0.05, 0) is 54.8 Å². The van der Waals surface area contributed by atoms with Crippen LogP contribution in [0.3, 0.4) is 0 Å². The number of aliphatic hydroxyl groups excluding tert-OH is 1. The van der Waals surface area contributed by atoms with Gasteiger partial charge in [0.1, 0.15) is 17.9 Å². The number of benzene rings is 2. The summed E-state index contributed by atoms with van der Waals surface area (Å²) >= 11 is 1.40. The van der Waals surface area contributed by atoms with Gasteiger partial charge in [0.25, 0.3) is 11.8 Å².